The van der Waals surface area contributed by atoms with Crippen molar-refractivity contribution >= 4 is 12.0 Å². The second kappa shape index (κ2) is 11.0. The lowest BCUT2D eigenvalue weighted by Gasteiger charge is -2.18. The summed E-state index contributed by atoms with van der Waals surface area (Å²) < 4.78 is 44.2. The molecule has 162 valence electrons. The van der Waals surface area contributed by atoms with Crippen LogP contribution in [0.25, 0.3) is 6.08 Å². The molecule has 6 nitrogen and oxygen atoms in total. The fraction of sp³-hybridized carbons (Fsp3) is 0.600. The maximum absolute atomic E-state index is 12.3. The maximum atomic E-state index is 12.3. The highest BCUT2D eigenvalue weighted by Crippen LogP contribution is 2.23. The smallest absolute Gasteiger partial charge is 0.383 e. The number of amides is 1. The third-order valence-corrected chi connectivity index (χ3v) is 4.49. The van der Waals surface area contributed by atoms with Gasteiger partial charge in [-0.25, -0.2) is 0 Å². The van der Waals surface area contributed by atoms with Crippen LogP contribution < -0.4 is 5.32 Å². The number of rotatable bonds is 10. The molecule has 0 radical (unpaired) electrons. The number of aryl methyl sites for hydroxylation is 1. The zero-order chi connectivity index (χ0) is 22.2. The number of carbonyl (C=O) groups is 1. The van der Waals surface area contributed by atoms with Crippen LogP contribution in [0.1, 0.15) is 36.3 Å². The molecule has 0 bridgehead atoms. The highest BCUT2D eigenvalue weighted by Gasteiger charge is 2.28. The van der Waals surface area contributed by atoms with Gasteiger partial charge in [0.15, 0.2) is 0 Å². The summed E-state index contributed by atoms with van der Waals surface area (Å²) in [6, 6.07) is 3.91. The van der Waals surface area contributed by atoms with Crippen LogP contribution in [0.15, 0.2) is 11.6 Å². The van der Waals surface area contributed by atoms with Crippen molar-refractivity contribution in [3.8, 4) is 6.07 Å². The molecule has 1 aromatic heterocycles. The minimum Gasteiger partial charge on any atom is -0.383 e. The lowest BCUT2D eigenvalue weighted by atomic mass is 10.1. The summed E-state index contributed by atoms with van der Waals surface area (Å²) in [6.07, 6.45) is -2.37. The predicted molar refractivity (Wildman–Crippen MR) is 105 cm³/mol. The Kier molecular flexibility index (Phi) is 9.40. The van der Waals surface area contributed by atoms with E-state index in [0.29, 0.717) is 13.0 Å². The number of carbonyl (C=O) groups excluding carboxylic acids is 1. The van der Waals surface area contributed by atoms with Gasteiger partial charge in [-0.1, -0.05) is 0 Å². The predicted octanol–water partition coefficient (Wildman–Crippen LogP) is 3.22. The lowest BCUT2D eigenvalue weighted by molar-refractivity contribution is -0.143. The first kappa shape index (κ1) is 24.7. The number of nitrogens with one attached hydrogen (secondary N) is 1. The molecule has 0 saturated heterocycles. The van der Waals surface area contributed by atoms with Crippen LogP contribution >= 0.6 is 0 Å². The Hall–Kier alpha value is -2.31. The summed E-state index contributed by atoms with van der Waals surface area (Å²) in [7, 11) is 3.00. The Bertz CT molecular complexity index is 763. The summed E-state index contributed by atoms with van der Waals surface area (Å²) in [6.45, 7) is 5.78. The van der Waals surface area contributed by atoms with E-state index >= 15 is 0 Å². The van der Waals surface area contributed by atoms with E-state index < -0.39 is 18.6 Å². The molecule has 1 aromatic rings. The van der Waals surface area contributed by atoms with Crippen molar-refractivity contribution in [2.75, 3.05) is 40.4 Å². The summed E-state index contributed by atoms with van der Waals surface area (Å²) in [5, 5.41) is 11.9. The molecule has 1 unspecified atom stereocenters. The number of methoxy groups -OCH3 is 1. The molecule has 9 heteroatoms. The molecule has 29 heavy (non-hydrogen) atoms. The molecular weight excluding hydrogens is 385 g/mol. The monoisotopic (exact) mass is 414 g/mol. The third-order valence-electron chi connectivity index (χ3n) is 4.49. The van der Waals surface area contributed by atoms with E-state index in [1.807, 2.05) is 32.9 Å². The molecular formula is C20H29F3N4O2. The van der Waals surface area contributed by atoms with E-state index in [0.717, 1.165) is 21.9 Å². The van der Waals surface area contributed by atoms with Crippen LogP contribution in [0.4, 0.5) is 13.2 Å². The fourth-order valence-electron chi connectivity index (χ4n) is 3.28. The van der Waals surface area contributed by atoms with Crippen molar-refractivity contribution in [2.24, 2.45) is 0 Å². The largest absolute Gasteiger partial charge is 0.401 e. The molecule has 1 amide bonds. The maximum Gasteiger partial charge on any atom is 0.401 e. The van der Waals surface area contributed by atoms with Crippen molar-refractivity contribution in [3.63, 3.8) is 0 Å². The Labute approximate surface area is 169 Å². The molecule has 0 aromatic carbocycles. The minimum atomic E-state index is -4.25. The quantitative estimate of drug-likeness (QED) is 0.363. The number of alkyl halides is 3. The van der Waals surface area contributed by atoms with Gasteiger partial charge < -0.3 is 14.6 Å². The van der Waals surface area contributed by atoms with Gasteiger partial charge in [0.05, 0.1) is 19.2 Å². The number of halogens is 3. The number of nitriles is 1. The Balaban J connectivity index is 2.73. The summed E-state index contributed by atoms with van der Waals surface area (Å²) in [5.74, 6) is -0.541. The van der Waals surface area contributed by atoms with Gasteiger partial charge in [-0.15, -0.1) is 0 Å². The molecule has 1 rings (SSSR count). The molecule has 0 aliphatic carbocycles. The highest BCUT2D eigenvalue weighted by molar-refractivity contribution is 6.01. The highest BCUT2D eigenvalue weighted by atomic mass is 19.4. The molecule has 0 saturated carbocycles. The zero-order valence-corrected chi connectivity index (χ0v) is 17.6. The number of hydrogen-bond donors (Lipinski definition) is 1. The zero-order valence-electron chi connectivity index (χ0n) is 17.6. The van der Waals surface area contributed by atoms with Crippen LogP contribution in [0.2, 0.25) is 0 Å². The van der Waals surface area contributed by atoms with Crippen LogP contribution in [-0.4, -0.2) is 61.9 Å². The normalized spacial score (nSPS) is 13.4. The second-order valence-corrected chi connectivity index (χ2v) is 7.13. The van der Waals surface area contributed by atoms with Gasteiger partial charge in [0.1, 0.15) is 11.6 Å². The van der Waals surface area contributed by atoms with Gasteiger partial charge in [0.2, 0.25) is 0 Å². The second-order valence-electron chi connectivity index (χ2n) is 7.13. The molecule has 1 N–H and O–H groups in total. The summed E-state index contributed by atoms with van der Waals surface area (Å²) in [4.78, 5) is 13.4. The van der Waals surface area contributed by atoms with Crippen molar-refractivity contribution in [2.45, 2.75) is 39.4 Å². The first-order valence-corrected chi connectivity index (χ1v) is 9.32. The topological polar surface area (TPSA) is 70.3 Å². The van der Waals surface area contributed by atoms with Crippen LogP contribution in [0.3, 0.4) is 0 Å². The number of nitrogens with zero attached hydrogens (tertiary/aromatic N) is 3. The van der Waals surface area contributed by atoms with Crippen molar-refractivity contribution in [1.82, 2.24) is 14.8 Å². The lowest BCUT2D eigenvalue weighted by Crippen LogP contribution is -2.34. The van der Waals surface area contributed by atoms with Crippen LogP contribution in [0, 0.1) is 25.2 Å². The van der Waals surface area contributed by atoms with Crippen molar-refractivity contribution < 1.29 is 22.7 Å². The average molecular weight is 414 g/mol. The number of hydrogen-bond acceptors (Lipinski definition) is 4. The van der Waals surface area contributed by atoms with E-state index in [1.54, 1.807) is 7.11 Å². The molecule has 0 spiro atoms. The van der Waals surface area contributed by atoms with Crippen LogP contribution in [-0.2, 0) is 9.53 Å². The minimum absolute atomic E-state index is 0.0479. The van der Waals surface area contributed by atoms with Crippen LogP contribution in [0.5, 0.6) is 0 Å². The van der Waals surface area contributed by atoms with Crippen molar-refractivity contribution in [1.29, 1.82) is 5.26 Å². The molecule has 1 heterocycles. The average Bonchev–Trinajstić information content (AvgIpc) is 2.88. The Morgan fingerprint density at radius 2 is 2.10 bits per heavy atom. The molecule has 1 atom stereocenters. The SMILES string of the molecule is COCC(C)n1c(C)cc(/C=C(/C#N)C(=O)NCCCN(C)CC(F)(F)F)c1C. The van der Waals surface area contributed by atoms with Gasteiger partial charge in [0, 0.05) is 25.0 Å². The van der Waals surface area contributed by atoms with Gasteiger partial charge in [0.25, 0.3) is 5.91 Å². The van der Waals surface area contributed by atoms with E-state index in [9.17, 15) is 23.2 Å². The number of aromatic nitrogens is 1. The first-order chi connectivity index (χ1) is 13.5. The first-order valence-electron chi connectivity index (χ1n) is 9.32. The molecule has 0 aliphatic rings. The standard InChI is InChI=1S/C20H29F3N4O2/c1-14-9-17(16(3)27(14)15(2)12-29-5)10-18(11-24)19(28)25-7-6-8-26(4)13-20(21,22)23/h9-10,15H,6-8,12-13H2,1-5H3,(H,25,28)/b18-10-. The van der Waals surface area contributed by atoms with Gasteiger partial charge in [-0.05, 0) is 58.5 Å². The van der Waals surface area contributed by atoms with E-state index in [1.165, 1.54) is 13.1 Å². The fourth-order valence-corrected chi connectivity index (χ4v) is 3.28. The Morgan fingerprint density at radius 3 is 2.66 bits per heavy atom. The van der Waals surface area contributed by atoms with Gasteiger partial charge >= 0.3 is 6.18 Å². The molecule has 0 aliphatic heterocycles. The third kappa shape index (κ3) is 7.91. The van der Waals surface area contributed by atoms with E-state index in [-0.39, 0.29) is 24.7 Å². The molecule has 0 fully saturated rings. The van der Waals surface area contributed by atoms with Crippen molar-refractivity contribution in [3.05, 3.63) is 28.6 Å². The number of ether oxygens (including phenoxy) is 1. The Morgan fingerprint density at radius 1 is 1.45 bits per heavy atom. The van der Waals surface area contributed by atoms with Gasteiger partial charge in [-0.3, -0.25) is 9.69 Å². The van der Waals surface area contributed by atoms with E-state index in [4.69, 9.17) is 4.74 Å². The summed E-state index contributed by atoms with van der Waals surface area (Å²) >= 11 is 0. The van der Waals surface area contributed by atoms with Gasteiger partial charge in [-0.2, -0.15) is 18.4 Å². The van der Waals surface area contributed by atoms with E-state index in [2.05, 4.69) is 9.88 Å². The summed E-state index contributed by atoms with van der Waals surface area (Å²) in [5.41, 5.74) is 2.63.